The number of nitrogens with one attached hydrogen (secondary N) is 3. The minimum absolute atomic E-state index is 0.137. The first-order valence-electron chi connectivity index (χ1n) is 12.6. The summed E-state index contributed by atoms with van der Waals surface area (Å²) >= 11 is 0. The molecule has 0 bridgehead atoms. The van der Waals surface area contributed by atoms with Crippen molar-refractivity contribution in [1.82, 2.24) is 9.97 Å². The first-order valence-corrected chi connectivity index (χ1v) is 12.6. The number of aromatic nitrogens is 2. The fourth-order valence-corrected chi connectivity index (χ4v) is 4.31. The van der Waals surface area contributed by atoms with E-state index in [4.69, 9.17) is 0 Å². The lowest BCUT2D eigenvalue weighted by Gasteiger charge is -2.30. The molecule has 12 heteroatoms. The van der Waals surface area contributed by atoms with E-state index < -0.39 is 23.7 Å². The number of hydrogen-bond acceptors (Lipinski definition) is 6. The molecule has 0 unspecified atom stereocenters. The first-order chi connectivity index (χ1) is 19.5. The van der Waals surface area contributed by atoms with Gasteiger partial charge in [-0.3, -0.25) is 15.0 Å². The number of benzene rings is 3. The lowest BCUT2D eigenvalue weighted by atomic mass is 10.1. The number of halogens is 3. The molecule has 2 heterocycles. The van der Waals surface area contributed by atoms with Gasteiger partial charge in [0.25, 0.3) is 5.91 Å². The summed E-state index contributed by atoms with van der Waals surface area (Å²) in [7, 11) is 3.88. The maximum Gasteiger partial charge on any atom is 0.416 e. The molecule has 0 radical (unpaired) electrons. The summed E-state index contributed by atoms with van der Waals surface area (Å²) in [6.45, 7) is 1.98. The highest BCUT2D eigenvalue weighted by Gasteiger charge is 2.31. The standard InChI is InChI=1S/C29H26F3N7O2/c1-17-10-11-22(34-26(40)18-6-4-7-20(12-18)29(30,31)32)14-24(17)39-16-19-15-33-27(36-25(19)37-28(39)41)35-21-8-5-9-23(13-21)38(2)3/h4-15H,16H2,1-3H3,(H,34,40)(H2,33,35,36,37,41). The van der Waals surface area contributed by atoms with E-state index in [9.17, 15) is 22.8 Å². The SMILES string of the molecule is Cc1ccc(NC(=O)c2cccc(C(F)(F)F)c2)cc1N1Cc2cnc(Nc3cccc(N(C)C)c3)nc2NC1=O. The number of alkyl halides is 3. The zero-order valence-corrected chi connectivity index (χ0v) is 22.4. The van der Waals surface area contributed by atoms with Gasteiger partial charge in [0.05, 0.1) is 17.8 Å². The summed E-state index contributed by atoms with van der Waals surface area (Å²) in [6, 6.07) is 16.4. The van der Waals surface area contributed by atoms with Gasteiger partial charge in [0, 0.05) is 48.5 Å². The second-order valence-electron chi connectivity index (χ2n) is 9.69. The van der Waals surface area contributed by atoms with Crippen molar-refractivity contribution in [2.24, 2.45) is 0 Å². The van der Waals surface area contributed by atoms with Gasteiger partial charge in [-0.05, 0) is 61.0 Å². The molecule has 0 atom stereocenters. The van der Waals surface area contributed by atoms with E-state index in [1.165, 1.54) is 17.0 Å². The molecule has 1 aliphatic rings. The van der Waals surface area contributed by atoms with Crippen molar-refractivity contribution in [1.29, 1.82) is 0 Å². The quantitative estimate of drug-likeness (QED) is 0.251. The van der Waals surface area contributed by atoms with Crippen LogP contribution in [0.5, 0.6) is 0 Å². The van der Waals surface area contributed by atoms with E-state index in [-0.39, 0.29) is 12.1 Å². The van der Waals surface area contributed by atoms with Gasteiger partial charge in [-0.25, -0.2) is 9.78 Å². The Bertz CT molecular complexity index is 1640. The summed E-state index contributed by atoms with van der Waals surface area (Å²) < 4.78 is 39.2. The van der Waals surface area contributed by atoms with Crippen molar-refractivity contribution in [3.63, 3.8) is 0 Å². The van der Waals surface area contributed by atoms with Gasteiger partial charge in [-0.15, -0.1) is 0 Å². The Morgan fingerprint density at radius 1 is 1.02 bits per heavy atom. The number of carbonyl (C=O) groups is 2. The van der Waals surface area contributed by atoms with Crippen molar-refractivity contribution in [3.8, 4) is 0 Å². The highest BCUT2D eigenvalue weighted by molar-refractivity contribution is 6.06. The van der Waals surface area contributed by atoms with Crippen LogP contribution in [-0.4, -0.2) is 36.0 Å². The minimum Gasteiger partial charge on any atom is -0.378 e. The van der Waals surface area contributed by atoms with Gasteiger partial charge < -0.3 is 15.5 Å². The summed E-state index contributed by atoms with van der Waals surface area (Å²) in [5, 5.41) is 8.56. The van der Waals surface area contributed by atoms with E-state index >= 15 is 0 Å². The minimum atomic E-state index is -4.57. The second-order valence-corrected chi connectivity index (χ2v) is 9.69. The van der Waals surface area contributed by atoms with E-state index in [2.05, 4.69) is 25.9 Å². The molecule has 0 aliphatic carbocycles. The molecule has 41 heavy (non-hydrogen) atoms. The Morgan fingerprint density at radius 2 is 1.80 bits per heavy atom. The van der Waals surface area contributed by atoms with E-state index in [1.807, 2.05) is 50.2 Å². The number of rotatable bonds is 6. The highest BCUT2D eigenvalue weighted by Crippen LogP contribution is 2.32. The fourth-order valence-electron chi connectivity index (χ4n) is 4.31. The Hall–Kier alpha value is -5.13. The lowest BCUT2D eigenvalue weighted by molar-refractivity contribution is -0.137. The van der Waals surface area contributed by atoms with Crippen molar-refractivity contribution in [3.05, 3.63) is 95.2 Å². The summed E-state index contributed by atoms with van der Waals surface area (Å²) in [6.07, 6.45) is -2.94. The van der Waals surface area contributed by atoms with Gasteiger partial charge in [0.15, 0.2) is 0 Å². The van der Waals surface area contributed by atoms with Gasteiger partial charge in [-0.2, -0.15) is 18.2 Å². The molecule has 0 saturated heterocycles. The summed E-state index contributed by atoms with van der Waals surface area (Å²) in [4.78, 5) is 38.2. The Kier molecular flexibility index (Phi) is 7.22. The number of nitrogens with zero attached hydrogens (tertiary/aromatic N) is 4. The average Bonchev–Trinajstić information content (AvgIpc) is 2.93. The highest BCUT2D eigenvalue weighted by atomic mass is 19.4. The predicted octanol–water partition coefficient (Wildman–Crippen LogP) is 6.42. The Labute approximate surface area is 234 Å². The predicted molar refractivity (Wildman–Crippen MR) is 152 cm³/mol. The van der Waals surface area contributed by atoms with Crippen LogP contribution in [0, 0.1) is 6.92 Å². The van der Waals surface area contributed by atoms with Crippen molar-refractivity contribution < 1.29 is 22.8 Å². The molecule has 210 valence electrons. The van der Waals surface area contributed by atoms with Gasteiger partial charge in [0.2, 0.25) is 5.95 Å². The van der Waals surface area contributed by atoms with Crippen molar-refractivity contribution in [2.75, 3.05) is 39.8 Å². The third-order valence-electron chi connectivity index (χ3n) is 6.49. The third kappa shape index (κ3) is 6.06. The van der Waals surface area contributed by atoms with Crippen molar-refractivity contribution >= 4 is 46.5 Å². The number of fused-ring (bicyclic) bond motifs is 1. The molecule has 3 amide bonds. The average molecular weight is 562 g/mol. The van der Waals surface area contributed by atoms with E-state index in [1.54, 1.807) is 24.4 Å². The molecular formula is C29H26F3N7O2. The largest absolute Gasteiger partial charge is 0.416 e. The van der Waals surface area contributed by atoms with Crippen LogP contribution in [0.3, 0.4) is 0 Å². The van der Waals surface area contributed by atoms with Crippen molar-refractivity contribution in [2.45, 2.75) is 19.6 Å². The molecule has 0 saturated carbocycles. The number of amides is 3. The van der Waals surface area contributed by atoms with Crippen LogP contribution in [0.25, 0.3) is 0 Å². The monoisotopic (exact) mass is 561 g/mol. The fraction of sp³-hybridized carbons (Fsp3) is 0.172. The second kappa shape index (κ2) is 10.8. The number of hydrogen-bond donors (Lipinski definition) is 3. The Morgan fingerprint density at radius 3 is 2.56 bits per heavy atom. The van der Waals surface area contributed by atoms with Gasteiger partial charge in [0.1, 0.15) is 5.82 Å². The van der Waals surface area contributed by atoms with Crippen LogP contribution in [0.1, 0.15) is 27.0 Å². The molecule has 0 spiro atoms. The molecule has 3 N–H and O–H groups in total. The molecule has 9 nitrogen and oxygen atoms in total. The van der Waals surface area contributed by atoms with Gasteiger partial charge >= 0.3 is 12.2 Å². The first kappa shape index (κ1) is 27.4. The van der Waals surface area contributed by atoms with Crippen LogP contribution in [-0.2, 0) is 12.7 Å². The molecule has 4 aromatic rings. The van der Waals surface area contributed by atoms with E-state index in [0.29, 0.717) is 28.7 Å². The lowest BCUT2D eigenvalue weighted by Crippen LogP contribution is -2.39. The topological polar surface area (TPSA) is 102 Å². The molecule has 1 aromatic heterocycles. The molecule has 1 aliphatic heterocycles. The summed E-state index contributed by atoms with van der Waals surface area (Å²) in [5.41, 5.74) is 3.00. The normalized spacial score (nSPS) is 12.8. The van der Waals surface area contributed by atoms with Crippen LogP contribution in [0.4, 0.5) is 52.5 Å². The number of aryl methyl sites for hydroxylation is 1. The van der Waals surface area contributed by atoms with Crippen LogP contribution in [0.2, 0.25) is 0 Å². The number of carbonyl (C=O) groups excluding carboxylic acids is 2. The van der Waals surface area contributed by atoms with Crippen LogP contribution in [0.15, 0.2) is 72.9 Å². The Balaban J connectivity index is 1.33. The van der Waals surface area contributed by atoms with Crippen LogP contribution < -0.4 is 25.8 Å². The zero-order valence-electron chi connectivity index (χ0n) is 22.4. The van der Waals surface area contributed by atoms with E-state index in [0.717, 1.165) is 29.1 Å². The smallest absolute Gasteiger partial charge is 0.378 e. The maximum atomic E-state index is 13.1. The molecule has 5 rings (SSSR count). The van der Waals surface area contributed by atoms with Crippen LogP contribution >= 0.6 is 0 Å². The molecule has 0 fully saturated rings. The maximum absolute atomic E-state index is 13.1. The molecular weight excluding hydrogens is 535 g/mol. The summed E-state index contributed by atoms with van der Waals surface area (Å²) in [5.74, 6) is -0.00745. The van der Waals surface area contributed by atoms with Gasteiger partial charge in [-0.1, -0.05) is 18.2 Å². The zero-order chi connectivity index (χ0) is 29.3. The third-order valence-corrected chi connectivity index (χ3v) is 6.49. The number of anilines is 6. The number of urea groups is 1. The molecule has 3 aromatic carbocycles.